The minimum absolute atomic E-state index is 0.0884. The number of carbonyl (C=O) groups is 4. The molecule has 2 bridgehead atoms. The van der Waals surface area contributed by atoms with Crippen LogP contribution in [0.1, 0.15) is 13.3 Å². The van der Waals surface area contributed by atoms with Crippen LogP contribution < -0.4 is 5.32 Å². The molecule has 0 saturated carbocycles. The number of hydrogen-bond acceptors (Lipinski definition) is 12. The van der Waals surface area contributed by atoms with Crippen molar-refractivity contribution in [2.75, 3.05) is 55.1 Å². The number of nitrogens with zero attached hydrogens (tertiary/aromatic N) is 4. The van der Waals surface area contributed by atoms with E-state index in [9.17, 15) is 24.3 Å². The highest BCUT2D eigenvalue weighted by Crippen LogP contribution is 2.51. The fraction of sp³-hybridized carbons (Fsp3) is 0.517. The Balaban J connectivity index is 0.000000418. The summed E-state index contributed by atoms with van der Waals surface area (Å²) in [5, 5.41) is 13.8. The van der Waals surface area contributed by atoms with Crippen LogP contribution in [0.15, 0.2) is 61.2 Å². The number of pyridine rings is 2. The van der Waals surface area contributed by atoms with E-state index in [1.54, 1.807) is 48.6 Å². The Bertz CT molecular complexity index is 1070. The van der Waals surface area contributed by atoms with Crippen molar-refractivity contribution >= 4 is 23.8 Å². The maximum Gasteiger partial charge on any atom is 0.323 e. The molecular formula is C29H41N5O8. The van der Waals surface area contributed by atoms with Crippen LogP contribution in [-0.4, -0.2) is 122 Å². The third-order valence-electron chi connectivity index (χ3n) is 7.76. The number of piperidine rings is 2. The topological polar surface area (TPSA) is 160 Å². The van der Waals surface area contributed by atoms with Crippen LogP contribution >= 0.6 is 0 Å². The zero-order chi connectivity index (χ0) is 31.3. The van der Waals surface area contributed by atoms with E-state index in [0.717, 1.165) is 0 Å². The highest BCUT2D eigenvalue weighted by molar-refractivity contribution is 5.87. The second-order valence-electron chi connectivity index (χ2n) is 10.0. The first-order chi connectivity index (χ1) is 20.0. The Labute approximate surface area is 246 Å². The number of aliphatic hydroxyl groups excluding tert-OH is 1. The van der Waals surface area contributed by atoms with Crippen LogP contribution in [-0.2, 0) is 33.4 Å². The highest BCUT2D eigenvalue weighted by Gasteiger charge is 2.70. The average molecular weight is 588 g/mol. The normalized spacial score (nSPS) is 25.6. The van der Waals surface area contributed by atoms with Crippen molar-refractivity contribution < 1.29 is 38.5 Å². The molecule has 2 saturated heterocycles. The summed E-state index contributed by atoms with van der Waals surface area (Å²) in [5.41, 5.74) is -3.08. The van der Waals surface area contributed by atoms with Crippen molar-refractivity contribution in [2.24, 2.45) is 10.8 Å². The number of carbonyl (C=O) groups excluding carboxylic acids is 4. The summed E-state index contributed by atoms with van der Waals surface area (Å²) >= 11 is 0. The number of likely N-dealkylation sites (tertiary alicyclic amines) is 2. The molecule has 42 heavy (non-hydrogen) atoms. The molecule has 2 aromatic rings. The van der Waals surface area contributed by atoms with Gasteiger partial charge in [-0.3, -0.25) is 34.0 Å². The van der Waals surface area contributed by atoms with Gasteiger partial charge in [0.25, 0.3) is 0 Å². The number of rotatable bonds is 6. The van der Waals surface area contributed by atoms with Gasteiger partial charge >= 0.3 is 17.9 Å². The Morgan fingerprint density at radius 3 is 1.79 bits per heavy atom. The van der Waals surface area contributed by atoms with Crippen LogP contribution in [0.4, 0.5) is 0 Å². The molecule has 13 heteroatoms. The summed E-state index contributed by atoms with van der Waals surface area (Å²) in [6.45, 7) is 1.62. The maximum absolute atomic E-state index is 13.0. The Morgan fingerprint density at radius 2 is 1.40 bits per heavy atom. The van der Waals surface area contributed by atoms with E-state index in [2.05, 4.69) is 15.3 Å². The van der Waals surface area contributed by atoms with E-state index in [1.165, 1.54) is 28.4 Å². The minimum Gasteiger partial charge on any atom is -0.468 e. The van der Waals surface area contributed by atoms with Gasteiger partial charge in [-0.1, -0.05) is 12.1 Å². The van der Waals surface area contributed by atoms with E-state index in [-0.39, 0.29) is 26.1 Å². The van der Waals surface area contributed by atoms with Gasteiger partial charge in [0.05, 0.1) is 33.9 Å². The molecule has 5 atom stereocenters. The average Bonchev–Trinajstić information content (AvgIpc) is 3.04. The molecule has 4 heterocycles. The standard InChI is InChI=1S/C19H31N3O8.2C5H5N/c1-11-19(17(27)30-6)10-22(12(14(24)28-4)7-13(23)20-2)9-18(15(19)25,8-21(11)3)16(26)29-5;2*1-2-4-6-5-3-1/h11-12,15,25H,7-10H2,1-6H3,(H,20,23);2*1-5H. The van der Waals surface area contributed by atoms with Crippen LogP contribution in [0.25, 0.3) is 0 Å². The largest absolute Gasteiger partial charge is 0.468 e. The van der Waals surface area contributed by atoms with Gasteiger partial charge < -0.3 is 29.5 Å². The zero-order valence-corrected chi connectivity index (χ0v) is 24.9. The van der Waals surface area contributed by atoms with Gasteiger partial charge in [-0.2, -0.15) is 0 Å². The van der Waals surface area contributed by atoms with Gasteiger partial charge in [0.1, 0.15) is 16.9 Å². The molecule has 0 aliphatic carbocycles. The lowest BCUT2D eigenvalue weighted by atomic mass is 9.57. The van der Waals surface area contributed by atoms with Gasteiger partial charge in [0, 0.05) is 57.5 Å². The molecule has 230 valence electrons. The van der Waals surface area contributed by atoms with Crippen molar-refractivity contribution in [3.63, 3.8) is 0 Å². The summed E-state index contributed by atoms with van der Waals surface area (Å²) in [6.07, 6.45) is 5.35. The summed E-state index contributed by atoms with van der Waals surface area (Å²) in [6, 6.07) is 9.84. The first-order valence-corrected chi connectivity index (χ1v) is 13.3. The van der Waals surface area contributed by atoms with Crippen LogP contribution in [0.5, 0.6) is 0 Å². The molecule has 0 spiro atoms. The third-order valence-corrected chi connectivity index (χ3v) is 7.76. The number of aromatic nitrogens is 2. The number of ether oxygens (including phenoxy) is 3. The summed E-state index contributed by atoms with van der Waals surface area (Å²) in [7, 11) is 6.77. The Hall–Kier alpha value is -3.94. The predicted molar refractivity (Wildman–Crippen MR) is 152 cm³/mol. The highest BCUT2D eigenvalue weighted by atomic mass is 16.5. The van der Waals surface area contributed by atoms with Crippen molar-refractivity contribution in [1.82, 2.24) is 25.1 Å². The van der Waals surface area contributed by atoms with E-state index in [0.29, 0.717) is 0 Å². The summed E-state index contributed by atoms with van der Waals surface area (Å²) < 4.78 is 14.9. The van der Waals surface area contributed by atoms with Crippen molar-refractivity contribution in [3.05, 3.63) is 61.2 Å². The number of fused-ring (bicyclic) bond motifs is 2. The van der Waals surface area contributed by atoms with Gasteiger partial charge in [-0.25, -0.2) is 0 Å². The van der Waals surface area contributed by atoms with E-state index >= 15 is 0 Å². The molecule has 0 aromatic carbocycles. The van der Waals surface area contributed by atoms with Crippen LogP contribution in [0, 0.1) is 10.8 Å². The number of hydrogen-bond donors (Lipinski definition) is 2. The molecule has 5 unspecified atom stereocenters. The molecule has 2 aliphatic rings. The molecule has 2 N–H and O–H groups in total. The molecule has 4 rings (SSSR count). The van der Waals surface area contributed by atoms with Crippen LogP contribution in [0.3, 0.4) is 0 Å². The number of amides is 1. The number of aliphatic hydroxyl groups is 1. The maximum atomic E-state index is 13.0. The predicted octanol–water partition coefficient (Wildman–Crippen LogP) is 0.157. The molecular weight excluding hydrogens is 546 g/mol. The summed E-state index contributed by atoms with van der Waals surface area (Å²) in [5.74, 6) is -2.52. The number of esters is 3. The third kappa shape index (κ3) is 7.46. The lowest BCUT2D eigenvalue weighted by Gasteiger charge is -2.61. The van der Waals surface area contributed by atoms with Gasteiger partial charge in [-0.15, -0.1) is 0 Å². The molecule has 1 amide bonds. The molecule has 0 radical (unpaired) electrons. The lowest BCUT2D eigenvalue weighted by molar-refractivity contribution is -0.232. The summed E-state index contributed by atoms with van der Waals surface area (Å²) in [4.78, 5) is 61.5. The molecule has 13 nitrogen and oxygen atoms in total. The molecule has 2 aliphatic heterocycles. The Morgan fingerprint density at radius 1 is 0.881 bits per heavy atom. The second kappa shape index (κ2) is 15.9. The van der Waals surface area contributed by atoms with Gasteiger partial charge in [-0.05, 0) is 38.2 Å². The van der Waals surface area contributed by atoms with E-state index < -0.39 is 52.8 Å². The van der Waals surface area contributed by atoms with E-state index in [4.69, 9.17) is 14.2 Å². The van der Waals surface area contributed by atoms with Gasteiger partial charge in [0.2, 0.25) is 5.91 Å². The Kier molecular flexibility index (Phi) is 13.0. The molecule has 2 fully saturated rings. The first-order valence-electron chi connectivity index (χ1n) is 13.3. The van der Waals surface area contributed by atoms with Crippen LogP contribution in [0.2, 0.25) is 0 Å². The second-order valence-corrected chi connectivity index (χ2v) is 10.0. The zero-order valence-electron chi connectivity index (χ0n) is 24.9. The molecule has 2 aromatic heterocycles. The van der Waals surface area contributed by atoms with Crippen molar-refractivity contribution in [1.29, 1.82) is 0 Å². The SMILES string of the molecule is CNC(=O)CC(C(=O)OC)N1CC2(C(=O)OC)CN(C)C(C)C(C(=O)OC)(C1)C2O.c1ccncc1.c1ccncc1. The lowest BCUT2D eigenvalue weighted by Crippen LogP contribution is -2.79. The van der Waals surface area contributed by atoms with E-state index in [1.807, 2.05) is 36.4 Å². The number of nitrogens with one attached hydrogen (secondary N) is 1. The monoisotopic (exact) mass is 587 g/mol. The number of methoxy groups -OCH3 is 3. The first kappa shape index (κ1) is 34.3. The minimum atomic E-state index is -1.55. The smallest absolute Gasteiger partial charge is 0.323 e. The quantitative estimate of drug-likeness (QED) is 0.349. The van der Waals surface area contributed by atoms with Crippen molar-refractivity contribution in [3.8, 4) is 0 Å². The fourth-order valence-electron chi connectivity index (χ4n) is 5.49. The van der Waals surface area contributed by atoms with Gasteiger partial charge in [0.15, 0.2) is 0 Å². The fourth-order valence-corrected chi connectivity index (χ4v) is 5.49. The van der Waals surface area contributed by atoms with Crippen molar-refractivity contribution in [2.45, 2.75) is 31.5 Å².